The number of benzene rings is 2. The van der Waals surface area contributed by atoms with Crippen molar-refractivity contribution in [1.82, 2.24) is 19.8 Å². The maximum absolute atomic E-state index is 13.4. The summed E-state index contributed by atoms with van der Waals surface area (Å²) < 4.78 is 7.03. The van der Waals surface area contributed by atoms with Crippen LogP contribution in [0.2, 0.25) is 0 Å². The fourth-order valence-corrected chi connectivity index (χ4v) is 3.66. The largest absolute Gasteiger partial charge is 0.459 e. The second-order valence-corrected chi connectivity index (χ2v) is 7.86. The van der Waals surface area contributed by atoms with E-state index in [4.69, 9.17) is 4.42 Å². The zero-order valence-electron chi connectivity index (χ0n) is 18.2. The smallest absolute Gasteiger partial charge is 0.287 e. The van der Waals surface area contributed by atoms with Crippen LogP contribution in [0, 0.1) is 0 Å². The molecule has 2 aromatic heterocycles. The van der Waals surface area contributed by atoms with Crippen molar-refractivity contribution < 1.29 is 14.0 Å². The van der Waals surface area contributed by atoms with Gasteiger partial charge >= 0.3 is 0 Å². The second kappa shape index (κ2) is 9.51. The number of imidazole rings is 1. The average Bonchev–Trinajstić information content (AvgIpc) is 3.45. The number of fused-ring (bicyclic) bond motifs is 1. The Morgan fingerprint density at radius 3 is 2.50 bits per heavy atom. The summed E-state index contributed by atoms with van der Waals surface area (Å²) in [6, 6.07) is 20.9. The number of hydrogen-bond acceptors (Lipinski definition) is 4. The summed E-state index contributed by atoms with van der Waals surface area (Å²) in [4.78, 5) is 32.2. The fourth-order valence-electron chi connectivity index (χ4n) is 3.66. The number of aromatic nitrogens is 2. The van der Waals surface area contributed by atoms with Gasteiger partial charge in [-0.3, -0.25) is 9.59 Å². The van der Waals surface area contributed by atoms with E-state index in [0.29, 0.717) is 12.4 Å². The Morgan fingerprint density at radius 1 is 1.03 bits per heavy atom. The number of carbonyl (C=O) groups is 2. The van der Waals surface area contributed by atoms with Crippen molar-refractivity contribution in [2.75, 3.05) is 0 Å². The molecule has 0 radical (unpaired) electrons. The highest BCUT2D eigenvalue weighted by atomic mass is 16.3. The van der Waals surface area contributed by atoms with E-state index in [1.54, 1.807) is 12.1 Å². The van der Waals surface area contributed by atoms with Crippen molar-refractivity contribution in [2.24, 2.45) is 0 Å². The first-order chi connectivity index (χ1) is 15.5. The van der Waals surface area contributed by atoms with Crippen LogP contribution in [0.15, 0.2) is 77.4 Å². The molecule has 0 unspecified atom stereocenters. The van der Waals surface area contributed by atoms with Crippen molar-refractivity contribution in [3.8, 4) is 0 Å². The first-order valence-electron chi connectivity index (χ1n) is 10.6. The zero-order chi connectivity index (χ0) is 22.5. The van der Waals surface area contributed by atoms with Crippen LogP contribution >= 0.6 is 0 Å². The molecule has 0 fully saturated rings. The number of hydrogen-bond donors (Lipinski definition) is 1. The predicted octanol–water partition coefficient (Wildman–Crippen LogP) is 4.00. The molecular weight excluding hydrogens is 404 g/mol. The van der Waals surface area contributed by atoms with Gasteiger partial charge in [-0.05, 0) is 43.7 Å². The third-order valence-corrected chi connectivity index (χ3v) is 5.32. The van der Waals surface area contributed by atoms with Crippen LogP contribution in [0.4, 0.5) is 0 Å². The van der Waals surface area contributed by atoms with Crippen molar-refractivity contribution in [1.29, 1.82) is 0 Å². The summed E-state index contributed by atoms with van der Waals surface area (Å²) >= 11 is 0. The highest BCUT2D eigenvalue weighted by Crippen LogP contribution is 2.18. The minimum Gasteiger partial charge on any atom is -0.459 e. The lowest BCUT2D eigenvalue weighted by atomic mass is 10.2. The summed E-state index contributed by atoms with van der Waals surface area (Å²) in [5.74, 6) is 0.513. The Morgan fingerprint density at radius 2 is 1.78 bits per heavy atom. The number of carbonyl (C=O) groups excluding carboxylic acids is 2. The van der Waals surface area contributed by atoms with Crippen molar-refractivity contribution >= 4 is 22.8 Å². The molecule has 0 aliphatic carbocycles. The van der Waals surface area contributed by atoms with E-state index in [1.807, 2.05) is 77.9 Å². The van der Waals surface area contributed by atoms with E-state index in [2.05, 4.69) is 10.3 Å². The van der Waals surface area contributed by atoms with E-state index >= 15 is 0 Å². The normalized spacial score (nSPS) is 11.1. The number of nitrogens with zero attached hydrogens (tertiary/aromatic N) is 3. The lowest BCUT2D eigenvalue weighted by Crippen LogP contribution is -2.39. The molecule has 0 spiro atoms. The van der Waals surface area contributed by atoms with Crippen LogP contribution < -0.4 is 5.32 Å². The minimum absolute atomic E-state index is 0.00869. The Hall–Kier alpha value is -3.87. The molecule has 0 bridgehead atoms. The topological polar surface area (TPSA) is 80.4 Å². The monoisotopic (exact) mass is 430 g/mol. The molecule has 0 aliphatic heterocycles. The Balaban J connectivity index is 1.57. The molecule has 4 rings (SSSR count). The first kappa shape index (κ1) is 21.4. The third kappa shape index (κ3) is 4.72. The zero-order valence-corrected chi connectivity index (χ0v) is 18.2. The fraction of sp³-hybridized carbons (Fsp3) is 0.240. The highest BCUT2D eigenvalue weighted by molar-refractivity contribution is 5.91. The summed E-state index contributed by atoms with van der Waals surface area (Å²) in [5, 5.41) is 2.83. The Kier molecular flexibility index (Phi) is 6.35. The van der Waals surface area contributed by atoms with Crippen LogP contribution in [-0.4, -0.2) is 32.3 Å². The van der Waals surface area contributed by atoms with Gasteiger partial charge in [-0.15, -0.1) is 0 Å². The first-order valence-corrected chi connectivity index (χ1v) is 10.6. The van der Waals surface area contributed by atoms with Gasteiger partial charge in [0.05, 0.1) is 23.8 Å². The standard InChI is InChI=1S/C25H26N4O3/c1-18(2)28(16-19-9-4-3-5-10-19)24(30)17-29-21-12-7-6-11-20(21)27-23(29)15-26-25(31)22-13-8-14-32-22/h3-14,18H,15-17H2,1-2H3,(H,26,31). The van der Waals surface area contributed by atoms with Gasteiger partial charge in [0.25, 0.3) is 5.91 Å². The van der Waals surface area contributed by atoms with Gasteiger partial charge in [-0.1, -0.05) is 42.5 Å². The molecule has 2 aromatic carbocycles. The van der Waals surface area contributed by atoms with Crippen LogP contribution in [0.3, 0.4) is 0 Å². The average molecular weight is 431 g/mol. The van der Waals surface area contributed by atoms with Crippen LogP contribution in [0.5, 0.6) is 0 Å². The van der Waals surface area contributed by atoms with Crippen molar-refractivity contribution in [3.63, 3.8) is 0 Å². The SMILES string of the molecule is CC(C)N(Cc1ccccc1)C(=O)Cn1c(CNC(=O)c2ccco2)nc2ccccc21. The van der Waals surface area contributed by atoms with E-state index in [-0.39, 0.29) is 36.7 Å². The molecule has 0 saturated carbocycles. The van der Waals surface area contributed by atoms with Crippen LogP contribution in [0.1, 0.15) is 35.8 Å². The number of furan rings is 1. The summed E-state index contributed by atoms with van der Waals surface area (Å²) in [6.45, 7) is 4.88. The van der Waals surface area contributed by atoms with Gasteiger partial charge in [0.1, 0.15) is 12.4 Å². The van der Waals surface area contributed by atoms with E-state index in [0.717, 1.165) is 16.6 Å². The summed E-state index contributed by atoms with van der Waals surface area (Å²) in [7, 11) is 0. The van der Waals surface area contributed by atoms with Gasteiger partial charge in [0.15, 0.2) is 5.76 Å². The molecule has 2 heterocycles. The van der Waals surface area contributed by atoms with E-state index in [9.17, 15) is 9.59 Å². The predicted molar refractivity (Wildman–Crippen MR) is 122 cm³/mol. The molecule has 0 aliphatic rings. The van der Waals surface area contributed by atoms with Crippen molar-refractivity contribution in [2.45, 2.75) is 39.5 Å². The van der Waals surface area contributed by atoms with Gasteiger partial charge in [0, 0.05) is 12.6 Å². The van der Waals surface area contributed by atoms with Crippen molar-refractivity contribution in [3.05, 3.63) is 90.1 Å². The Labute approximate surface area is 186 Å². The molecule has 32 heavy (non-hydrogen) atoms. The number of amides is 2. The maximum atomic E-state index is 13.4. The highest BCUT2D eigenvalue weighted by Gasteiger charge is 2.21. The van der Waals surface area contributed by atoms with E-state index < -0.39 is 0 Å². The van der Waals surface area contributed by atoms with Crippen LogP contribution in [0.25, 0.3) is 11.0 Å². The summed E-state index contributed by atoms with van der Waals surface area (Å²) in [5.41, 5.74) is 2.71. The lowest BCUT2D eigenvalue weighted by molar-refractivity contribution is -0.134. The molecule has 1 N–H and O–H groups in total. The van der Waals surface area contributed by atoms with Gasteiger partial charge in [0.2, 0.25) is 5.91 Å². The lowest BCUT2D eigenvalue weighted by Gasteiger charge is -2.27. The third-order valence-electron chi connectivity index (χ3n) is 5.32. The molecule has 0 atom stereocenters. The molecule has 2 amide bonds. The molecule has 4 aromatic rings. The maximum Gasteiger partial charge on any atom is 0.287 e. The molecular formula is C25H26N4O3. The number of para-hydroxylation sites is 2. The molecule has 164 valence electrons. The number of nitrogens with one attached hydrogen (secondary N) is 1. The van der Waals surface area contributed by atoms with Gasteiger partial charge in [-0.25, -0.2) is 4.98 Å². The second-order valence-electron chi connectivity index (χ2n) is 7.86. The minimum atomic E-state index is -0.326. The summed E-state index contributed by atoms with van der Waals surface area (Å²) in [6.07, 6.45) is 1.45. The van der Waals surface area contributed by atoms with Gasteiger partial charge < -0.3 is 19.2 Å². The molecule has 0 saturated heterocycles. The quantitative estimate of drug-likeness (QED) is 0.458. The molecule has 7 nitrogen and oxygen atoms in total. The van der Waals surface area contributed by atoms with Crippen LogP contribution in [-0.2, 0) is 24.4 Å². The van der Waals surface area contributed by atoms with E-state index in [1.165, 1.54) is 6.26 Å². The number of rotatable bonds is 8. The van der Waals surface area contributed by atoms with Gasteiger partial charge in [-0.2, -0.15) is 0 Å². The Bertz CT molecular complexity index is 1200. The molecule has 7 heteroatoms.